The van der Waals surface area contributed by atoms with Crippen molar-refractivity contribution in [3.8, 4) is 0 Å². The quantitative estimate of drug-likeness (QED) is 0.836. The molecule has 1 heterocycles. The van der Waals surface area contributed by atoms with E-state index in [1.807, 2.05) is 30.3 Å². The molecule has 0 aliphatic carbocycles. The minimum absolute atomic E-state index is 0.0891. The summed E-state index contributed by atoms with van der Waals surface area (Å²) in [6.07, 6.45) is -4.72. The fourth-order valence-corrected chi connectivity index (χ4v) is 2.40. The van der Waals surface area contributed by atoms with Crippen molar-refractivity contribution >= 4 is 5.91 Å². The lowest BCUT2D eigenvalue weighted by Gasteiger charge is -2.22. The monoisotopic (exact) mass is 301 g/mol. The van der Waals surface area contributed by atoms with Crippen LogP contribution in [0.3, 0.4) is 0 Å². The first kappa shape index (κ1) is 15.8. The number of hydrogen-bond acceptors (Lipinski definition) is 2. The second-order valence-corrected chi connectivity index (χ2v) is 5.18. The first-order valence-electron chi connectivity index (χ1n) is 6.93. The van der Waals surface area contributed by atoms with E-state index in [1.165, 1.54) is 0 Å². The van der Waals surface area contributed by atoms with E-state index in [1.54, 1.807) is 4.90 Å². The maximum Gasteiger partial charge on any atom is 0.389 e. The van der Waals surface area contributed by atoms with Crippen LogP contribution in [0.15, 0.2) is 30.3 Å². The van der Waals surface area contributed by atoms with Crippen molar-refractivity contribution in [2.75, 3.05) is 13.3 Å². The lowest BCUT2D eigenvalue weighted by Crippen LogP contribution is -2.38. The Morgan fingerprint density at radius 2 is 2.00 bits per heavy atom. The van der Waals surface area contributed by atoms with Gasteiger partial charge in [-0.15, -0.1) is 0 Å². The van der Waals surface area contributed by atoms with Gasteiger partial charge >= 0.3 is 6.18 Å². The molecule has 0 bridgehead atoms. The van der Waals surface area contributed by atoms with E-state index < -0.39 is 12.6 Å². The predicted molar refractivity (Wildman–Crippen MR) is 71.5 cm³/mol. The lowest BCUT2D eigenvalue weighted by molar-refractivity contribution is -0.140. The van der Waals surface area contributed by atoms with Crippen LogP contribution in [0.25, 0.3) is 0 Å². The van der Waals surface area contributed by atoms with Crippen LogP contribution in [0, 0.1) is 0 Å². The molecule has 0 radical (unpaired) electrons. The summed E-state index contributed by atoms with van der Waals surface area (Å²) in [5.74, 6) is -0.266. The number of alkyl halides is 3. The summed E-state index contributed by atoms with van der Waals surface area (Å²) in [5, 5.41) is 0. The Labute approximate surface area is 121 Å². The van der Waals surface area contributed by atoms with Gasteiger partial charge in [0, 0.05) is 12.8 Å². The molecule has 1 saturated heterocycles. The van der Waals surface area contributed by atoms with Crippen LogP contribution in [0.1, 0.15) is 24.8 Å². The van der Waals surface area contributed by atoms with E-state index in [2.05, 4.69) is 0 Å². The highest BCUT2D eigenvalue weighted by atomic mass is 19.4. The SMILES string of the molecule is O=C(CCCC(F)(F)F)N1COCC1Cc1ccccc1. The fraction of sp³-hybridized carbons (Fsp3) is 0.533. The molecule has 0 saturated carbocycles. The van der Waals surface area contributed by atoms with Crippen LogP contribution < -0.4 is 0 Å². The number of amides is 1. The third-order valence-corrected chi connectivity index (χ3v) is 3.47. The molecule has 0 spiro atoms. The molecular weight excluding hydrogens is 283 g/mol. The molecule has 6 heteroatoms. The van der Waals surface area contributed by atoms with Gasteiger partial charge in [0.05, 0.1) is 12.6 Å². The number of nitrogens with zero attached hydrogens (tertiary/aromatic N) is 1. The smallest absolute Gasteiger partial charge is 0.359 e. The van der Waals surface area contributed by atoms with Gasteiger partial charge in [-0.3, -0.25) is 4.79 Å². The Hall–Kier alpha value is -1.56. The van der Waals surface area contributed by atoms with Gasteiger partial charge in [0.15, 0.2) is 0 Å². The number of ether oxygens (including phenoxy) is 1. The van der Waals surface area contributed by atoms with E-state index in [-0.39, 0.29) is 31.5 Å². The van der Waals surface area contributed by atoms with Gasteiger partial charge in [-0.1, -0.05) is 30.3 Å². The van der Waals surface area contributed by atoms with Crippen LogP contribution in [-0.4, -0.2) is 36.4 Å². The number of halogens is 3. The van der Waals surface area contributed by atoms with Crippen molar-refractivity contribution < 1.29 is 22.7 Å². The summed E-state index contributed by atoms with van der Waals surface area (Å²) in [6, 6.07) is 9.58. The van der Waals surface area contributed by atoms with Crippen molar-refractivity contribution in [1.82, 2.24) is 4.90 Å². The topological polar surface area (TPSA) is 29.5 Å². The molecule has 0 aromatic heterocycles. The van der Waals surface area contributed by atoms with Gasteiger partial charge in [0.1, 0.15) is 6.73 Å². The summed E-state index contributed by atoms with van der Waals surface area (Å²) >= 11 is 0. The highest BCUT2D eigenvalue weighted by molar-refractivity contribution is 5.76. The Morgan fingerprint density at radius 3 is 2.67 bits per heavy atom. The highest BCUT2D eigenvalue weighted by Gasteiger charge is 2.31. The summed E-state index contributed by atoms with van der Waals surface area (Å²) in [6.45, 7) is 0.599. The third kappa shape index (κ3) is 5.04. The fourth-order valence-electron chi connectivity index (χ4n) is 2.40. The zero-order valence-electron chi connectivity index (χ0n) is 11.6. The highest BCUT2D eigenvalue weighted by Crippen LogP contribution is 2.23. The Kier molecular flexibility index (Phi) is 5.22. The number of benzene rings is 1. The number of hydrogen-bond donors (Lipinski definition) is 0. The van der Waals surface area contributed by atoms with Crippen molar-refractivity contribution in [1.29, 1.82) is 0 Å². The third-order valence-electron chi connectivity index (χ3n) is 3.47. The van der Waals surface area contributed by atoms with Gasteiger partial charge in [-0.25, -0.2) is 0 Å². The van der Waals surface area contributed by atoms with Gasteiger partial charge in [-0.2, -0.15) is 13.2 Å². The molecule has 3 nitrogen and oxygen atoms in total. The van der Waals surface area contributed by atoms with Crippen molar-refractivity contribution in [2.24, 2.45) is 0 Å². The molecule has 1 aliphatic heterocycles. The van der Waals surface area contributed by atoms with Crippen LogP contribution in [-0.2, 0) is 16.0 Å². The zero-order chi connectivity index (χ0) is 15.3. The van der Waals surface area contributed by atoms with Crippen molar-refractivity contribution in [2.45, 2.75) is 37.9 Å². The van der Waals surface area contributed by atoms with E-state index in [0.29, 0.717) is 13.0 Å². The predicted octanol–water partition coefficient (Wildman–Crippen LogP) is 3.15. The standard InChI is InChI=1S/C15H18F3NO2/c16-15(17,18)8-4-7-14(20)19-11-21-10-13(19)9-12-5-2-1-3-6-12/h1-3,5-6,13H,4,7-11H2. The maximum atomic E-state index is 12.1. The second-order valence-electron chi connectivity index (χ2n) is 5.18. The number of rotatable bonds is 5. The molecule has 1 atom stereocenters. The van der Waals surface area contributed by atoms with Crippen molar-refractivity contribution in [3.63, 3.8) is 0 Å². The summed E-state index contributed by atoms with van der Waals surface area (Å²) in [4.78, 5) is 13.6. The molecule has 2 rings (SSSR count). The molecule has 1 aromatic carbocycles. The van der Waals surface area contributed by atoms with Crippen molar-refractivity contribution in [3.05, 3.63) is 35.9 Å². The minimum atomic E-state index is -4.20. The first-order valence-corrected chi connectivity index (χ1v) is 6.93. The summed E-state index contributed by atoms with van der Waals surface area (Å²) in [7, 11) is 0. The summed E-state index contributed by atoms with van der Waals surface area (Å²) in [5.41, 5.74) is 1.08. The van der Waals surface area contributed by atoms with Gasteiger partial charge < -0.3 is 9.64 Å². The molecule has 21 heavy (non-hydrogen) atoms. The van der Waals surface area contributed by atoms with Crippen LogP contribution >= 0.6 is 0 Å². The Balaban J connectivity index is 1.85. The normalized spacial score (nSPS) is 19.0. The van der Waals surface area contributed by atoms with Gasteiger partial charge in [-0.05, 0) is 18.4 Å². The zero-order valence-corrected chi connectivity index (χ0v) is 11.6. The molecular formula is C15H18F3NO2. The van der Waals surface area contributed by atoms with E-state index in [0.717, 1.165) is 5.56 Å². The average Bonchev–Trinajstić information content (AvgIpc) is 2.86. The maximum absolute atomic E-state index is 12.1. The van der Waals surface area contributed by atoms with Crippen LogP contribution in [0.4, 0.5) is 13.2 Å². The molecule has 1 unspecified atom stereocenters. The molecule has 1 aliphatic rings. The largest absolute Gasteiger partial charge is 0.389 e. The number of carbonyl (C=O) groups is 1. The molecule has 0 N–H and O–H groups in total. The second kappa shape index (κ2) is 6.93. The van der Waals surface area contributed by atoms with Gasteiger partial charge in [0.25, 0.3) is 0 Å². The molecule has 1 fully saturated rings. The Morgan fingerprint density at radius 1 is 1.29 bits per heavy atom. The molecule has 1 amide bonds. The van der Waals surface area contributed by atoms with E-state index in [4.69, 9.17) is 4.74 Å². The lowest BCUT2D eigenvalue weighted by atomic mass is 10.1. The summed E-state index contributed by atoms with van der Waals surface area (Å²) < 4.78 is 41.6. The van der Waals surface area contributed by atoms with E-state index >= 15 is 0 Å². The number of carbonyl (C=O) groups excluding carboxylic acids is 1. The average molecular weight is 301 g/mol. The minimum Gasteiger partial charge on any atom is -0.359 e. The molecule has 1 aromatic rings. The van der Waals surface area contributed by atoms with Crippen LogP contribution in [0.2, 0.25) is 0 Å². The first-order chi connectivity index (χ1) is 9.96. The van der Waals surface area contributed by atoms with E-state index in [9.17, 15) is 18.0 Å². The van der Waals surface area contributed by atoms with Gasteiger partial charge in [0.2, 0.25) is 5.91 Å². The van der Waals surface area contributed by atoms with Crippen LogP contribution in [0.5, 0.6) is 0 Å². The Bertz CT molecular complexity index is 462. The molecule has 116 valence electrons.